The summed E-state index contributed by atoms with van der Waals surface area (Å²) in [5.74, 6) is -1.62. The van der Waals surface area contributed by atoms with Crippen molar-refractivity contribution in [2.45, 2.75) is 55.6 Å². The van der Waals surface area contributed by atoms with Crippen LogP contribution in [0.1, 0.15) is 43.2 Å². The molecule has 0 atom stereocenters. The minimum atomic E-state index is -3.86. The first-order valence-corrected chi connectivity index (χ1v) is 9.51. The molecular weight excluding hydrogens is 330 g/mol. The Morgan fingerprint density at radius 1 is 1.21 bits per heavy atom. The van der Waals surface area contributed by atoms with Gasteiger partial charge in [-0.2, -0.15) is 0 Å². The van der Waals surface area contributed by atoms with Gasteiger partial charge in [0.2, 0.25) is 5.91 Å². The van der Waals surface area contributed by atoms with E-state index in [1.807, 2.05) is 13.0 Å². The van der Waals surface area contributed by atoms with Gasteiger partial charge in [0.15, 0.2) is 14.6 Å². The topological polar surface area (TPSA) is 101 Å². The number of carboxylic acid groups (broad SMARTS) is 1. The lowest BCUT2D eigenvalue weighted by Gasteiger charge is -2.28. The molecular formula is C17H23NO5S. The highest BCUT2D eigenvalue weighted by Crippen LogP contribution is 2.41. The second-order valence-electron chi connectivity index (χ2n) is 6.37. The molecule has 6 nitrogen and oxygen atoms in total. The van der Waals surface area contributed by atoms with Crippen LogP contribution in [0.15, 0.2) is 23.1 Å². The van der Waals surface area contributed by atoms with Gasteiger partial charge in [-0.1, -0.05) is 25.0 Å². The van der Waals surface area contributed by atoms with E-state index in [0.717, 1.165) is 5.56 Å². The third-order valence-electron chi connectivity index (χ3n) is 4.60. The molecule has 7 heteroatoms. The van der Waals surface area contributed by atoms with Crippen molar-refractivity contribution in [2.24, 2.45) is 0 Å². The number of carbonyl (C=O) groups is 2. The monoisotopic (exact) mass is 353 g/mol. The molecule has 132 valence electrons. The quantitative estimate of drug-likeness (QED) is 0.814. The number of carboxylic acids is 1. The van der Waals surface area contributed by atoms with Crippen molar-refractivity contribution < 1.29 is 23.1 Å². The Balaban J connectivity index is 2.40. The molecule has 1 amide bonds. The van der Waals surface area contributed by atoms with E-state index in [1.54, 1.807) is 19.1 Å². The Morgan fingerprint density at radius 2 is 1.83 bits per heavy atom. The fraction of sp³-hybridized carbons (Fsp3) is 0.529. The van der Waals surface area contributed by atoms with Gasteiger partial charge in [-0.25, -0.2) is 8.42 Å². The number of nitrogens with one attached hydrogen (secondary N) is 1. The zero-order valence-electron chi connectivity index (χ0n) is 14.0. The third kappa shape index (κ3) is 3.31. The second-order valence-corrected chi connectivity index (χ2v) is 8.60. The first kappa shape index (κ1) is 18.4. The van der Waals surface area contributed by atoms with Crippen molar-refractivity contribution in [3.05, 3.63) is 29.3 Å². The highest BCUT2D eigenvalue weighted by molar-refractivity contribution is 7.93. The molecule has 1 aromatic rings. The number of benzene rings is 1. The van der Waals surface area contributed by atoms with Gasteiger partial charge < -0.3 is 10.4 Å². The molecule has 1 aliphatic carbocycles. The summed E-state index contributed by atoms with van der Waals surface area (Å²) in [7, 11) is -3.86. The summed E-state index contributed by atoms with van der Waals surface area (Å²) < 4.78 is 25.1. The van der Waals surface area contributed by atoms with Gasteiger partial charge in [-0.15, -0.1) is 0 Å². The molecule has 2 N–H and O–H groups in total. The predicted octanol–water partition coefficient (Wildman–Crippen LogP) is 1.98. The van der Waals surface area contributed by atoms with E-state index >= 15 is 0 Å². The zero-order valence-corrected chi connectivity index (χ0v) is 14.8. The Labute approximate surface area is 142 Å². The first-order valence-electron chi connectivity index (χ1n) is 8.03. The molecule has 0 unspecified atom stereocenters. The number of hydrogen-bond acceptors (Lipinski definition) is 4. The van der Waals surface area contributed by atoms with Crippen molar-refractivity contribution in [1.29, 1.82) is 0 Å². The van der Waals surface area contributed by atoms with E-state index in [1.165, 1.54) is 0 Å². The third-order valence-corrected chi connectivity index (χ3v) is 7.24. The van der Waals surface area contributed by atoms with Crippen molar-refractivity contribution in [2.75, 3.05) is 6.54 Å². The summed E-state index contributed by atoms with van der Waals surface area (Å²) >= 11 is 0. The molecule has 1 aromatic carbocycles. The van der Waals surface area contributed by atoms with Gasteiger partial charge in [-0.3, -0.25) is 9.59 Å². The van der Waals surface area contributed by atoms with Gasteiger partial charge in [0, 0.05) is 6.54 Å². The van der Waals surface area contributed by atoms with Crippen molar-refractivity contribution in [3.63, 3.8) is 0 Å². The summed E-state index contributed by atoms with van der Waals surface area (Å²) in [6.07, 6.45) is 1.63. The number of carbonyl (C=O) groups excluding carboxylic acids is 1. The van der Waals surface area contributed by atoms with E-state index in [0.29, 0.717) is 18.4 Å². The molecule has 0 bridgehead atoms. The lowest BCUT2D eigenvalue weighted by Crippen LogP contribution is -2.51. The fourth-order valence-corrected chi connectivity index (χ4v) is 5.61. The smallest absolute Gasteiger partial charge is 0.305 e. The van der Waals surface area contributed by atoms with Gasteiger partial charge in [0.1, 0.15) is 0 Å². The maximum atomic E-state index is 13.3. The van der Waals surface area contributed by atoms with Gasteiger partial charge in [0.05, 0.1) is 11.3 Å². The maximum absolute atomic E-state index is 13.3. The van der Waals surface area contributed by atoms with Gasteiger partial charge in [0.25, 0.3) is 0 Å². The number of sulfone groups is 1. The minimum Gasteiger partial charge on any atom is -0.481 e. The summed E-state index contributed by atoms with van der Waals surface area (Å²) in [6, 6.07) is 5.19. The van der Waals surface area contributed by atoms with E-state index in [-0.39, 0.29) is 30.7 Å². The van der Waals surface area contributed by atoms with Crippen LogP contribution in [0, 0.1) is 13.8 Å². The molecule has 0 saturated heterocycles. The number of aliphatic carboxylic acids is 1. The van der Waals surface area contributed by atoms with Crippen LogP contribution in [0.4, 0.5) is 0 Å². The fourth-order valence-electron chi connectivity index (χ4n) is 3.22. The summed E-state index contributed by atoms with van der Waals surface area (Å²) in [5, 5.41) is 11.2. The predicted molar refractivity (Wildman–Crippen MR) is 89.6 cm³/mol. The van der Waals surface area contributed by atoms with E-state index in [4.69, 9.17) is 5.11 Å². The van der Waals surface area contributed by atoms with Crippen LogP contribution >= 0.6 is 0 Å². The first-order chi connectivity index (χ1) is 11.2. The molecule has 1 saturated carbocycles. The van der Waals surface area contributed by atoms with Crippen LogP contribution in [0.3, 0.4) is 0 Å². The van der Waals surface area contributed by atoms with Crippen LogP contribution < -0.4 is 5.32 Å². The molecule has 0 radical (unpaired) electrons. The second kappa shape index (κ2) is 6.93. The van der Waals surface area contributed by atoms with Crippen LogP contribution in [0.25, 0.3) is 0 Å². The maximum Gasteiger partial charge on any atom is 0.305 e. The van der Waals surface area contributed by atoms with Gasteiger partial charge >= 0.3 is 5.97 Å². The van der Waals surface area contributed by atoms with E-state index < -0.39 is 26.5 Å². The van der Waals surface area contributed by atoms with E-state index in [9.17, 15) is 18.0 Å². The summed E-state index contributed by atoms with van der Waals surface area (Å²) in [4.78, 5) is 23.5. The molecule has 0 spiro atoms. The number of rotatable bonds is 6. The van der Waals surface area contributed by atoms with Crippen molar-refractivity contribution in [1.82, 2.24) is 5.32 Å². The Morgan fingerprint density at radius 3 is 2.42 bits per heavy atom. The van der Waals surface area contributed by atoms with Crippen molar-refractivity contribution >= 4 is 21.7 Å². The number of hydrogen-bond donors (Lipinski definition) is 2. The number of aryl methyl sites for hydroxylation is 2. The standard InChI is InChI=1S/C17H23NO5S/c1-12-5-6-13(2)14(11-12)24(22,23)17(8-3-4-9-17)16(21)18-10-7-15(19)20/h5-6,11H,3-4,7-10H2,1-2H3,(H,18,21)(H,19,20). The molecule has 1 aliphatic rings. The Bertz CT molecular complexity index is 748. The molecule has 2 rings (SSSR count). The lowest BCUT2D eigenvalue weighted by atomic mass is 10.1. The normalized spacial score (nSPS) is 16.8. The highest BCUT2D eigenvalue weighted by atomic mass is 32.2. The molecule has 0 aliphatic heterocycles. The summed E-state index contributed by atoms with van der Waals surface area (Å²) in [6.45, 7) is 3.46. The lowest BCUT2D eigenvalue weighted by molar-refractivity contribution is -0.137. The summed E-state index contributed by atoms with van der Waals surface area (Å²) in [5.41, 5.74) is 1.43. The Kier molecular flexibility index (Phi) is 5.32. The van der Waals surface area contributed by atoms with Gasteiger partial charge in [-0.05, 0) is 43.9 Å². The average Bonchev–Trinajstić information content (AvgIpc) is 3.00. The Hall–Kier alpha value is -1.89. The van der Waals surface area contributed by atoms with Crippen LogP contribution in [0.5, 0.6) is 0 Å². The minimum absolute atomic E-state index is 0.0712. The molecule has 0 aromatic heterocycles. The molecule has 1 fully saturated rings. The van der Waals surface area contributed by atoms with Crippen LogP contribution in [-0.2, 0) is 19.4 Å². The zero-order chi connectivity index (χ0) is 18.0. The van der Waals surface area contributed by atoms with Crippen molar-refractivity contribution in [3.8, 4) is 0 Å². The number of amides is 1. The molecule has 0 heterocycles. The van der Waals surface area contributed by atoms with E-state index in [2.05, 4.69) is 5.32 Å². The molecule has 24 heavy (non-hydrogen) atoms. The SMILES string of the molecule is Cc1ccc(C)c(S(=O)(=O)C2(C(=O)NCCC(=O)O)CCCC2)c1. The van der Waals surface area contributed by atoms with Crippen LogP contribution in [-0.4, -0.2) is 36.7 Å². The largest absolute Gasteiger partial charge is 0.481 e. The average molecular weight is 353 g/mol. The highest BCUT2D eigenvalue weighted by Gasteiger charge is 2.53. The van der Waals surface area contributed by atoms with Crippen LogP contribution in [0.2, 0.25) is 0 Å².